The number of nitrogens with two attached hydrogens (primary N) is 1. The molecule has 28 heavy (non-hydrogen) atoms. The zero-order valence-electron chi connectivity index (χ0n) is 17.8. The molecule has 1 aliphatic heterocycles. The van der Waals surface area contributed by atoms with Gasteiger partial charge in [-0.3, -0.25) is 4.79 Å². The van der Waals surface area contributed by atoms with Gasteiger partial charge in [-0.25, -0.2) is 4.98 Å². The molecule has 2 aromatic rings. The molecule has 154 valence electrons. The molecule has 0 bridgehead atoms. The number of imidazole rings is 1. The number of hydrogen-bond acceptors (Lipinski definition) is 4. The molecule has 3 N–H and O–H groups in total. The predicted octanol–water partition coefficient (Wildman–Crippen LogP) is 3.71. The first kappa shape index (κ1) is 20.9. The fourth-order valence-corrected chi connectivity index (χ4v) is 4.55. The number of rotatable bonds is 7. The Morgan fingerprint density at radius 1 is 1.36 bits per heavy atom. The lowest BCUT2D eigenvalue weighted by Crippen LogP contribution is -2.41. The Morgan fingerprint density at radius 3 is 2.75 bits per heavy atom. The molecule has 0 spiro atoms. The number of aromatic nitrogens is 2. The van der Waals surface area contributed by atoms with Gasteiger partial charge in [0.15, 0.2) is 8.32 Å². The van der Waals surface area contributed by atoms with Gasteiger partial charge in [-0.1, -0.05) is 32.9 Å². The molecule has 1 atom stereocenters. The van der Waals surface area contributed by atoms with E-state index in [4.69, 9.17) is 10.2 Å². The van der Waals surface area contributed by atoms with Crippen LogP contribution in [-0.2, 0) is 22.2 Å². The highest BCUT2D eigenvalue weighted by Crippen LogP contribution is 2.36. The number of nitrogens with one attached hydrogen (secondary N) is 1. The Hall–Kier alpha value is -1.86. The molecule has 1 aromatic carbocycles. The zero-order chi connectivity index (χ0) is 20.5. The Bertz CT molecular complexity index is 854. The van der Waals surface area contributed by atoms with E-state index in [9.17, 15) is 4.79 Å². The van der Waals surface area contributed by atoms with Gasteiger partial charge in [0.05, 0.1) is 17.0 Å². The number of fused-ring (bicyclic) bond motifs is 1. The summed E-state index contributed by atoms with van der Waals surface area (Å²) in [5.74, 6) is 0.571. The van der Waals surface area contributed by atoms with E-state index in [2.05, 4.69) is 56.3 Å². The van der Waals surface area contributed by atoms with E-state index >= 15 is 0 Å². The molecule has 1 aliphatic rings. The van der Waals surface area contributed by atoms with Gasteiger partial charge in [-0.05, 0) is 49.0 Å². The maximum atomic E-state index is 11.9. The summed E-state index contributed by atoms with van der Waals surface area (Å²) < 4.78 is 8.29. The summed E-state index contributed by atoms with van der Waals surface area (Å²) in [7, 11) is -1.71. The highest BCUT2D eigenvalue weighted by atomic mass is 28.4. The van der Waals surface area contributed by atoms with E-state index in [1.165, 1.54) is 5.56 Å². The second kappa shape index (κ2) is 7.87. The molecule has 3 rings (SSSR count). The lowest BCUT2D eigenvalue weighted by atomic mass is 10.1. The van der Waals surface area contributed by atoms with Crippen LogP contribution in [-0.4, -0.2) is 36.9 Å². The summed E-state index contributed by atoms with van der Waals surface area (Å²) in [6.07, 6.45) is 2.72. The van der Waals surface area contributed by atoms with Crippen LogP contribution in [0.3, 0.4) is 0 Å². The number of carbonyl (C=O) groups excluding carboxylic acids is 1. The van der Waals surface area contributed by atoms with E-state index in [1.54, 1.807) is 0 Å². The fourth-order valence-electron chi connectivity index (χ4n) is 3.46. The summed E-state index contributed by atoms with van der Waals surface area (Å²) in [6, 6.07) is 6.22. The van der Waals surface area contributed by atoms with Crippen molar-refractivity contribution in [1.82, 2.24) is 14.9 Å². The quantitative estimate of drug-likeness (QED) is 0.546. The Morgan fingerprint density at radius 2 is 2.11 bits per heavy atom. The van der Waals surface area contributed by atoms with Gasteiger partial charge in [-0.15, -0.1) is 0 Å². The minimum absolute atomic E-state index is 0.0265. The largest absolute Gasteiger partial charge is 0.417 e. The molecule has 1 aromatic heterocycles. The van der Waals surface area contributed by atoms with Crippen molar-refractivity contribution in [2.75, 3.05) is 18.9 Å². The van der Waals surface area contributed by atoms with Crippen LogP contribution in [0, 0.1) is 5.92 Å². The molecule has 1 amide bonds. The van der Waals surface area contributed by atoms with Crippen molar-refractivity contribution in [3.63, 3.8) is 0 Å². The molecule has 1 fully saturated rings. The Labute approximate surface area is 169 Å². The number of nitrogen functional groups attached to an aromatic ring is 1. The summed E-state index contributed by atoms with van der Waals surface area (Å²) in [5, 5.41) is 3.12. The van der Waals surface area contributed by atoms with Crippen LogP contribution in [0.1, 0.15) is 39.2 Å². The fraction of sp³-hybridized carbons (Fsp3) is 0.619. The van der Waals surface area contributed by atoms with E-state index in [0.29, 0.717) is 12.5 Å². The van der Waals surface area contributed by atoms with Gasteiger partial charge in [0, 0.05) is 19.7 Å². The van der Waals surface area contributed by atoms with Gasteiger partial charge in [0.25, 0.3) is 0 Å². The number of carbonyl (C=O) groups is 1. The summed E-state index contributed by atoms with van der Waals surface area (Å²) in [4.78, 5) is 16.6. The number of nitrogens with zero attached hydrogens (tertiary/aromatic N) is 2. The number of anilines is 1. The molecule has 7 heteroatoms. The topological polar surface area (TPSA) is 82.2 Å². The molecule has 1 unspecified atom stereocenters. The highest BCUT2D eigenvalue weighted by Gasteiger charge is 2.36. The Kier molecular flexibility index (Phi) is 5.86. The summed E-state index contributed by atoms with van der Waals surface area (Å²) in [5.41, 5.74) is 9.36. The van der Waals surface area contributed by atoms with Crippen molar-refractivity contribution in [1.29, 1.82) is 0 Å². The molecule has 0 saturated carbocycles. The molecule has 6 nitrogen and oxygen atoms in total. The van der Waals surface area contributed by atoms with E-state index in [0.717, 1.165) is 43.4 Å². The molecule has 2 heterocycles. The monoisotopic (exact) mass is 402 g/mol. The molecule has 1 saturated heterocycles. The molecule has 0 aliphatic carbocycles. The molecular formula is C21H34N4O2Si. The van der Waals surface area contributed by atoms with Gasteiger partial charge in [0.2, 0.25) is 11.9 Å². The van der Waals surface area contributed by atoms with Gasteiger partial charge in [0.1, 0.15) is 0 Å². The van der Waals surface area contributed by atoms with Gasteiger partial charge >= 0.3 is 0 Å². The first-order valence-corrected chi connectivity index (χ1v) is 13.2. The molecule has 0 radical (unpaired) electrons. The molecular weight excluding hydrogens is 368 g/mol. The predicted molar refractivity (Wildman–Crippen MR) is 117 cm³/mol. The normalized spacial score (nSPS) is 18.0. The third kappa shape index (κ3) is 4.25. The standard InChI is InChI=1S/C21H34N4O2Si/c1-21(2,3)28(4,5)27-13-7-9-15-8-6-10-17-18(15)24-20(22)25(17)14-16-11-12-23-19(16)26/h6,8,10,16H,7,9,11-14H2,1-5H3,(H2,22,24)(H,23,26). The number of benzene rings is 1. The second-order valence-electron chi connectivity index (χ2n) is 9.35. The maximum absolute atomic E-state index is 11.9. The van der Waals surface area contributed by atoms with Gasteiger partial charge in [-0.2, -0.15) is 0 Å². The first-order chi connectivity index (χ1) is 13.1. The van der Waals surface area contributed by atoms with Crippen molar-refractivity contribution in [2.45, 2.75) is 64.7 Å². The van der Waals surface area contributed by atoms with Crippen LogP contribution in [0.15, 0.2) is 18.2 Å². The van der Waals surface area contributed by atoms with Crippen molar-refractivity contribution in [2.24, 2.45) is 5.92 Å². The Balaban J connectivity index is 1.69. The number of hydrogen-bond donors (Lipinski definition) is 2. The maximum Gasteiger partial charge on any atom is 0.224 e. The van der Waals surface area contributed by atoms with Crippen LogP contribution in [0.25, 0.3) is 11.0 Å². The van der Waals surface area contributed by atoms with Crippen LogP contribution < -0.4 is 11.1 Å². The lowest BCUT2D eigenvalue weighted by molar-refractivity contribution is -0.122. The highest BCUT2D eigenvalue weighted by molar-refractivity contribution is 6.74. The SMILES string of the molecule is CC(C)(C)[Si](C)(C)OCCCc1cccc2c1nc(N)n2CC1CCNC1=O. The van der Waals surface area contributed by atoms with Crippen molar-refractivity contribution >= 4 is 31.2 Å². The smallest absolute Gasteiger partial charge is 0.224 e. The van der Waals surface area contributed by atoms with Crippen molar-refractivity contribution in [3.05, 3.63) is 23.8 Å². The van der Waals surface area contributed by atoms with E-state index < -0.39 is 8.32 Å². The average molecular weight is 403 g/mol. The summed E-state index contributed by atoms with van der Waals surface area (Å²) >= 11 is 0. The third-order valence-corrected chi connectivity index (χ3v) is 10.9. The average Bonchev–Trinajstić information content (AvgIpc) is 3.15. The van der Waals surface area contributed by atoms with E-state index in [-0.39, 0.29) is 16.9 Å². The summed E-state index contributed by atoms with van der Waals surface area (Å²) in [6.45, 7) is 13.5. The minimum Gasteiger partial charge on any atom is -0.417 e. The number of para-hydroxylation sites is 1. The van der Waals surface area contributed by atoms with Gasteiger partial charge < -0.3 is 20.0 Å². The minimum atomic E-state index is -1.71. The number of amides is 1. The first-order valence-electron chi connectivity index (χ1n) is 10.3. The van der Waals surface area contributed by atoms with Crippen LogP contribution in [0.2, 0.25) is 18.1 Å². The third-order valence-electron chi connectivity index (χ3n) is 6.32. The van der Waals surface area contributed by atoms with Crippen LogP contribution in [0.4, 0.5) is 5.95 Å². The van der Waals surface area contributed by atoms with E-state index in [1.807, 2.05) is 10.6 Å². The van der Waals surface area contributed by atoms with Crippen molar-refractivity contribution in [3.8, 4) is 0 Å². The van der Waals surface area contributed by atoms with Crippen LogP contribution >= 0.6 is 0 Å². The second-order valence-corrected chi connectivity index (χ2v) is 14.2. The lowest BCUT2D eigenvalue weighted by Gasteiger charge is -2.36. The zero-order valence-corrected chi connectivity index (χ0v) is 18.8. The van der Waals surface area contributed by atoms with Crippen molar-refractivity contribution < 1.29 is 9.22 Å². The van der Waals surface area contributed by atoms with Crippen LogP contribution in [0.5, 0.6) is 0 Å². The number of aryl methyl sites for hydroxylation is 1.